The summed E-state index contributed by atoms with van der Waals surface area (Å²) < 4.78 is 10.3. The number of hydrogen-bond acceptors (Lipinski definition) is 5. The maximum absolute atomic E-state index is 13.0. The van der Waals surface area contributed by atoms with Gasteiger partial charge >= 0.3 is 0 Å². The zero-order valence-electron chi connectivity index (χ0n) is 18.3. The van der Waals surface area contributed by atoms with E-state index in [9.17, 15) is 14.4 Å². The number of carbonyl (C=O) groups excluding carboxylic acids is 3. The number of nitrogens with one attached hydrogen (secondary N) is 1. The van der Waals surface area contributed by atoms with Crippen LogP contribution in [0.5, 0.6) is 5.75 Å². The molecule has 0 aliphatic carbocycles. The molecule has 3 aromatic rings. The molecule has 2 heterocycles. The molecule has 0 spiro atoms. The van der Waals surface area contributed by atoms with Gasteiger partial charge in [0.1, 0.15) is 5.75 Å². The largest absolute Gasteiger partial charge is 0.497 e. The zero-order valence-corrected chi connectivity index (χ0v) is 18.3. The lowest BCUT2D eigenvalue weighted by Gasteiger charge is -2.35. The van der Waals surface area contributed by atoms with Gasteiger partial charge in [0.25, 0.3) is 11.8 Å². The number of anilines is 1. The number of nitrogens with zero attached hydrogens (tertiary/aromatic N) is 2. The third-order valence-electron chi connectivity index (χ3n) is 5.52. The van der Waals surface area contributed by atoms with Crippen LogP contribution in [0, 0.1) is 0 Å². The minimum atomic E-state index is -0.382. The number of ether oxygens (including phenoxy) is 1. The van der Waals surface area contributed by atoms with Crippen molar-refractivity contribution in [3.63, 3.8) is 0 Å². The molecule has 1 N–H and O–H groups in total. The summed E-state index contributed by atoms with van der Waals surface area (Å²) in [6.07, 6.45) is 1.72. The molecule has 1 fully saturated rings. The molecule has 1 aliphatic rings. The number of rotatable bonds is 6. The van der Waals surface area contributed by atoms with Crippen molar-refractivity contribution in [1.29, 1.82) is 0 Å². The van der Waals surface area contributed by atoms with E-state index in [0.29, 0.717) is 43.9 Å². The number of carbonyl (C=O) groups is 3. The molecule has 8 heteroatoms. The van der Waals surface area contributed by atoms with Gasteiger partial charge in [-0.05, 0) is 48.0 Å². The lowest BCUT2D eigenvalue weighted by atomic mass is 10.1. The van der Waals surface area contributed by atoms with Crippen LogP contribution in [0.3, 0.4) is 0 Å². The Hall–Kier alpha value is -4.07. The summed E-state index contributed by atoms with van der Waals surface area (Å²) in [7, 11) is 1.60. The summed E-state index contributed by atoms with van der Waals surface area (Å²) in [5.41, 5.74) is 1.88. The van der Waals surface area contributed by atoms with E-state index in [2.05, 4.69) is 5.32 Å². The van der Waals surface area contributed by atoms with Crippen molar-refractivity contribution in [1.82, 2.24) is 9.80 Å². The molecule has 0 bridgehead atoms. The van der Waals surface area contributed by atoms with Gasteiger partial charge in [-0.3, -0.25) is 14.4 Å². The summed E-state index contributed by atoms with van der Waals surface area (Å²) in [6.45, 7) is 1.85. The molecule has 4 rings (SSSR count). The van der Waals surface area contributed by atoms with Gasteiger partial charge in [-0.1, -0.05) is 18.2 Å². The average Bonchev–Trinajstić information content (AvgIpc) is 3.39. The SMILES string of the molecule is COc1cccc(CC(=O)N2CCN(C(=O)c3cccc(NC(=O)c4ccco4)c3)CC2)c1. The van der Waals surface area contributed by atoms with Gasteiger partial charge in [-0.15, -0.1) is 0 Å². The lowest BCUT2D eigenvalue weighted by Crippen LogP contribution is -2.51. The minimum Gasteiger partial charge on any atom is -0.497 e. The Bertz CT molecular complexity index is 1130. The number of methoxy groups -OCH3 is 1. The minimum absolute atomic E-state index is 0.0259. The standard InChI is InChI=1S/C25H25N3O5/c1-32-21-8-2-5-18(15-21)16-23(29)27-10-12-28(13-11-27)25(31)19-6-3-7-20(17-19)26-24(30)22-9-4-14-33-22/h2-9,14-15,17H,10-13,16H2,1H3,(H,26,30). The first-order valence-corrected chi connectivity index (χ1v) is 10.7. The Labute approximate surface area is 191 Å². The zero-order chi connectivity index (χ0) is 23.2. The number of benzene rings is 2. The number of hydrogen-bond donors (Lipinski definition) is 1. The van der Waals surface area contributed by atoms with Crippen LogP contribution in [-0.4, -0.2) is 60.8 Å². The summed E-state index contributed by atoms with van der Waals surface area (Å²) >= 11 is 0. The van der Waals surface area contributed by atoms with Crippen molar-refractivity contribution in [3.8, 4) is 5.75 Å². The van der Waals surface area contributed by atoms with Crippen molar-refractivity contribution in [3.05, 3.63) is 83.8 Å². The second kappa shape index (κ2) is 10.0. The van der Waals surface area contributed by atoms with Gasteiger partial charge in [0, 0.05) is 37.4 Å². The molecule has 1 aromatic heterocycles. The van der Waals surface area contributed by atoms with E-state index in [1.54, 1.807) is 53.3 Å². The predicted molar refractivity (Wildman–Crippen MR) is 122 cm³/mol. The first-order valence-electron chi connectivity index (χ1n) is 10.7. The number of piperazine rings is 1. The van der Waals surface area contributed by atoms with Crippen LogP contribution in [0.25, 0.3) is 0 Å². The smallest absolute Gasteiger partial charge is 0.291 e. The van der Waals surface area contributed by atoms with Gasteiger partial charge in [0.2, 0.25) is 5.91 Å². The van der Waals surface area contributed by atoms with Crippen LogP contribution in [-0.2, 0) is 11.2 Å². The molecule has 33 heavy (non-hydrogen) atoms. The maximum Gasteiger partial charge on any atom is 0.291 e. The fraction of sp³-hybridized carbons (Fsp3) is 0.240. The van der Waals surface area contributed by atoms with Crippen molar-refractivity contribution in [2.24, 2.45) is 0 Å². The van der Waals surface area contributed by atoms with Crippen LogP contribution in [0.4, 0.5) is 5.69 Å². The normalized spacial score (nSPS) is 13.5. The third-order valence-corrected chi connectivity index (χ3v) is 5.52. The fourth-order valence-corrected chi connectivity index (χ4v) is 3.74. The summed E-state index contributed by atoms with van der Waals surface area (Å²) in [5, 5.41) is 2.73. The molecule has 0 unspecified atom stereocenters. The van der Waals surface area contributed by atoms with Crippen molar-refractivity contribution in [2.45, 2.75) is 6.42 Å². The number of furan rings is 1. The average molecular weight is 447 g/mol. The van der Waals surface area contributed by atoms with Crippen LogP contribution >= 0.6 is 0 Å². The molecule has 3 amide bonds. The second-order valence-corrected chi connectivity index (χ2v) is 7.71. The van der Waals surface area contributed by atoms with Gasteiger partial charge in [-0.25, -0.2) is 0 Å². The molecule has 0 radical (unpaired) electrons. The Morgan fingerprint density at radius 2 is 1.70 bits per heavy atom. The van der Waals surface area contributed by atoms with Crippen LogP contribution in [0.15, 0.2) is 71.3 Å². The molecule has 0 atom stereocenters. The Morgan fingerprint density at radius 3 is 2.42 bits per heavy atom. The molecule has 1 saturated heterocycles. The highest BCUT2D eigenvalue weighted by molar-refractivity contribution is 6.03. The quantitative estimate of drug-likeness (QED) is 0.627. The van der Waals surface area contributed by atoms with Gasteiger partial charge in [-0.2, -0.15) is 0 Å². The van der Waals surface area contributed by atoms with E-state index >= 15 is 0 Å². The fourth-order valence-electron chi connectivity index (χ4n) is 3.74. The van der Waals surface area contributed by atoms with Crippen molar-refractivity contribution < 1.29 is 23.5 Å². The molecular weight excluding hydrogens is 422 g/mol. The molecule has 0 saturated carbocycles. The van der Waals surface area contributed by atoms with E-state index in [1.165, 1.54) is 6.26 Å². The topological polar surface area (TPSA) is 92.1 Å². The van der Waals surface area contributed by atoms with Crippen molar-refractivity contribution in [2.75, 3.05) is 38.6 Å². The number of amides is 3. The molecule has 2 aromatic carbocycles. The van der Waals surface area contributed by atoms with Crippen LogP contribution < -0.4 is 10.1 Å². The Kier molecular flexibility index (Phi) is 6.73. The summed E-state index contributed by atoms with van der Waals surface area (Å²) in [5.74, 6) is 0.425. The second-order valence-electron chi connectivity index (χ2n) is 7.71. The summed E-state index contributed by atoms with van der Waals surface area (Å²) in [6, 6.07) is 17.5. The van der Waals surface area contributed by atoms with E-state index in [4.69, 9.17) is 9.15 Å². The Balaban J connectivity index is 1.32. The van der Waals surface area contributed by atoms with Crippen LogP contribution in [0.1, 0.15) is 26.5 Å². The molecule has 8 nitrogen and oxygen atoms in total. The highest BCUT2D eigenvalue weighted by atomic mass is 16.5. The first-order chi connectivity index (χ1) is 16.0. The third kappa shape index (κ3) is 5.41. The van der Waals surface area contributed by atoms with Gasteiger partial charge in [0.05, 0.1) is 19.8 Å². The first kappa shape index (κ1) is 22.1. The van der Waals surface area contributed by atoms with Gasteiger partial charge in [0.15, 0.2) is 5.76 Å². The molecule has 170 valence electrons. The van der Waals surface area contributed by atoms with Crippen molar-refractivity contribution >= 4 is 23.4 Å². The van der Waals surface area contributed by atoms with E-state index < -0.39 is 0 Å². The lowest BCUT2D eigenvalue weighted by molar-refractivity contribution is -0.131. The van der Waals surface area contributed by atoms with Crippen LogP contribution in [0.2, 0.25) is 0 Å². The maximum atomic E-state index is 13.0. The molecule has 1 aliphatic heterocycles. The summed E-state index contributed by atoms with van der Waals surface area (Å²) in [4.78, 5) is 41.4. The highest BCUT2D eigenvalue weighted by Gasteiger charge is 2.25. The highest BCUT2D eigenvalue weighted by Crippen LogP contribution is 2.17. The monoisotopic (exact) mass is 447 g/mol. The van der Waals surface area contributed by atoms with E-state index in [0.717, 1.165) is 11.3 Å². The Morgan fingerprint density at radius 1 is 0.939 bits per heavy atom. The van der Waals surface area contributed by atoms with E-state index in [-0.39, 0.29) is 23.5 Å². The predicted octanol–water partition coefficient (Wildman–Crippen LogP) is 3.07. The molecular formula is C25H25N3O5. The van der Waals surface area contributed by atoms with E-state index in [1.807, 2.05) is 24.3 Å². The van der Waals surface area contributed by atoms with Gasteiger partial charge < -0.3 is 24.3 Å².